The van der Waals surface area contributed by atoms with Crippen LogP contribution in [0.15, 0.2) is 36.4 Å². The van der Waals surface area contributed by atoms with Crippen molar-refractivity contribution in [3.05, 3.63) is 69.2 Å². The van der Waals surface area contributed by atoms with Gasteiger partial charge in [-0.25, -0.2) is 0 Å². The molecule has 0 aliphatic carbocycles. The molecule has 1 atom stereocenters. The van der Waals surface area contributed by atoms with E-state index in [1.807, 2.05) is 19.1 Å². The highest BCUT2D eigenvalue weighted by Gasteiger charge is 2.15. The minimum atomic E-state index is -0.195. The van der Waals surface area contributed by atoms with Crippen LogP contribution in [0.2, 0.25) is 5.02 Å². The van der Waals surface area contributed by atoms with Gasteiger partial charge in [0.25, 0.3) is 0 Å². The van der Waals surface area contributed by atoms with Crippen molar-refractivity contribution in [2.24, 2.45) is 0 Å². The normalized spacial score (nSPS) is 12.4. The molecular weight excluding hydrogens is 287 g/mol. The highest BCUT2D eigenvalue weighted by Crippen LogP contribution is 2.35. The second-order valence-electron chi connectivity index (χ2n) is 5.12. The fourth-order valence-corrected chi connectivity index (χ4v) is 3.22. The van der Waals surface area contributed by atoms with Gasteiger partial charge in [0.2, 0.25) is 0 Å². The van der Waals surface area contributed by atoms with Crippen molar-refractivity contribution in [3.8, 4) is 0 Å². The quantitative estimate of drug-likeness (QED) is 0.598. The van der Waals surface area contributed by atoms with Crippen molar-refractivity contribution < 1.29 is 0 Å². The minimum absolute atomic E-state index is 0.195. The van der Waals surface area contributed by atoms with Gasteiger partial charge in [-0.15, -0.1) is 11.6 Å². The highest BCUT2D eigenvalue weighted by atomic mass is 35.5. The molecule has 2 aromatic rings. The minimum Gasteiger partial charge on any atom is -0.113 e. The number of rotatable bonds is 4. The molecule has 0 amide bonds. The Balaban J connectivity index is 2.40. The maximum atomic E-state index is 6.63. The van der Waals surface area contributed by atoms with Crippen molar-refractivity contribution in [2.75, 3.05) is 0 Å². The van der Waals surface area contributed by atoms with Gasteiger partial charge in [-0.05, 0) is 53.6 Å². The Morgan fingerprint density at radius 1 is 0.950 bits per heavy atom. The molecule has 0 nitrogen and oxygen atoms in total. The summed E-state index contributed by atoms with van der Waals surface area (Å²) in [6, 6.07) is 12.6. The van der Waals surface area contributed by atoms with Gasteiger partial charge in [0.05, 0.1) is 5.38 Å². The molecule has 20 heavy (non-hydrogen) atoms. The SMILES string of the molecule is CCc1ccc(C(Cl)c2ccc(C)cc2Cl)cc1CC. The molecule has 0 spiro atoms. The molecule has 0 heterocycles. The van der Waals surface area contributed by atoms with Crippen molar-refractivity contribution in [2.45, 2.75) is 39.0 Å². The molecule has 0 saturated heterocycles. The monoisotopic (exact) mass is 306 g/mol. The Kier molecular flexibility index (Phi) is 5.12. The topological polar surface area (TPSA) is 0 Å². The first kappa shape index (κ1) is 15.4. The molecule has 1 unspecified atom stereocenters. The fraction of sp³-hybridized carbons (Fsp3) is 0.333. The third-order valence-corrected chi connectivity index (χ3v) is 4.53. The molecule has 2 heteroatoms. The summed E-state index contributed by atoms with van der Waals surface area (Å²) >= 11 is 13.0. The van der Waals surface area contributed by atoms with E-state index in [0.717, 1.165) is 34.6 Å². The highest BCUT2D eigenvalue weighted by molar-refractivity contribution is 6.33. The summed E-state index contributed by atoms with van der Waals surface area (Å²) < 4.78 is 0. The third-order valence-electron chi connectivity index (χ3n) is 3.71. The van der Waals surface area contributed by atoms with E-state index in [4.69, 9.17) is 23.2 Å². The van der Waals surface area contributed by atoms with Gasteiger partial charge < -0.3 is 0 Å². The average Bonchev–Trinajstić information content (AvgIpc) is 2.45. The first-order valence-corrected chi connectivity index (χ1v) is 7.90. The first-order valence-electron chi connectivity index (χ1n) is 7.08. The Bertz CT molecular complexity index is 602. The van der Waals surface area contributed by atoms with E-state index in [9.17, 15) is 0 Å². The standard InChI is InChI=1S/C18H20Cl2/c1-4-13-7-8-15(11-14(13)5-2)18(20)16-9-6-12(3)10-17(16)19/h6-11,18H,4-5H2,1-3H3. The first-order chi connectivity index (χ1) is 9.56. The predicted molar refractivity (Wildman–Crippen MR) is 89.1 cm³/mol. The summed E-state index contributed by atoms with van der Waals surface area (Å²) in [5.74, 6) is 0. The molecular formula is C18H20Cl2. The van der Waals surface area contributed by atoms with E-state index >= 15 is 0 Å². The molecule has 0 aliphatic rings. The van der Waals surface area contributed by atoms with Crippen LogP contribution in [-0.2, 0) is 12.8 Å². The Hall–Kier alpha value is -0.980. The van der Waals surface area contributed by atoms with Crippen molar-refractivity contribution >= 4 is 23.2 Å². The largest absolute Gasteiger partial charge is 0.113 e. The molecule has 0 aromatic heterocycles. The lowest BCUT2D eigenvalue weighted by molar-refractivity contribution is 1.02. The van der Waals surface area contributed by atoms with E-state index in [-0.39, 0.29) is 5.38 Å². The summed E-state index contributed by atoms with van der Waals surface area (Å²) in [4.78, 5) is 0. The summed E-state index contributed by atoms with van der Waals surface area (Å²) in [5.41, 5.74) is 6.02. The van der Waals surface area contributed by atoms with E-state index in [1.165, 1.54) is 11.1 Å². The van der Waals surface area contributed by atoms with Crippen LogP contribution in [0.5, 0.6) is 0 Å². The maximum absolute atomic E-state index is 6.63. The molecule has 0 saturated carbocycles. The van der Waals surface area contributed by atoms with Crippen molar-refractivity contribution in [3.63, 3.8) is 0 Å². The van der Waals surface area contributed by atoms with Gasteiger partial charge in [0.15, 0.2) is 0 Å². The molecule has 0 bridgehead atoms. The number of alkyl halides is 1. The second-order valence-corrected chi connectivity index (χ2v) is 5.97. The van der Waals surface area contributed by atoms with Gasteiger partial charge in [0, 0.05) is 5.02 Å². The van der Waals surface area contributed by atoms with Gasteiger partial charge in [-0.2, -0.15) is 0 Å². The lowest BCUT2D eigenvalue weighted by Gasteiger charge is -2.15. The fourth-order valence-electron chi connectivity index (χ4n) is 2.49. The van der Waals surface area contributed by atoms with Crippen LogP contribution >= 0.6 is 23.2 Å². The summed E-state index contributed by atoms with van der Waals surface area (Å²) in [6.07, 6.45) is 2.09. The van der Waals surface area contributed by atoms with E-state index in [1.54, 1.807) is 0 Å². The smallest absolute Gasteiger partial charge is 0.0849 e. The Labute approximate surface area is 131 Å². The van der Waals surface area contributed by atoms with Crippen molar-refractivity contribution in [1.29, 1.82) is 0 Å². The van der Waals surface area contributed by atoms with Crippen LogP contribution in [0.1, 0.15) is 47.0 Å². The van der Waals surface area contributed by atoms with E-state index < -0.39 is 0 Å². The summed E-state index contributed by atoms with van der Waals surface area (Å²) in [5, 5.41) is 0.543. The zero-order valence-corrected chi connectivity index (χ0v) is 13.7. The van der Waals surface area contributed by atoms with Gasteiger partial charge in [-0.3, -0.25) is 0 Å². The number of aryl methyl sites for hydroxylation is 3. The molecule has 2 aromatic carbocycles. The molecule has 2 rings (SSSR count). The Morgan fingerprint density at radius 2 is 1.65 bits per heavy atom. The zero-order valence-electron chi connectivity index (χ0n) is 12.2. The number of hydrogen-bond acceptors (Lipinski definition) is 0. The Morgan fingerprint density at radius 3 is 2.25 bits per heavy atom. The van der Waals surface area contributed by atoms with Crippen LogP contribution in [0.4, 0.5) is 0 Å². The lowest BCUT2D eigenvalue weighted by atomic mass is 9.96. The lowest BCUT2D eigenvalue weighted by Crippen LogP contribution is -1.99. The van der Waals surface area contributed by atoms with Crippen LogP contribution in [-0.4, -0.2) is 0 Å². The van der Waals surface area contributed by atoms with Crippen LogP contribution < -0.4 is 0 Å². The molecule has 0 N–H and O–H groups in total. The molecule has 0 radical (unpaired) electrons. The van der Waals surface area contributed by atoms with Crippen LogP contribution in [0.25, 0.3) is 0 Å². The van der Waals surface area contributed by atoms with E-state index in [0.29, 0.717) is 0 Å². The van der Waals surface area contributed by atoms with Crippen molar-refractivity contribution in [1.82, 2.24) is 0 Å². The average molecular weight is 307 g/mol. The maximum Gasteiger partial charge on any atom is 0.0849 e. The molecule has 106 valence electrons. The summed E-state index contributed by atoms with van der Waals surface area (Å²) in [7, 11) is 0. The van der Waals surface area contributed by atoms with Gasteiger partial charge in [-0.1, -0.05) is 55.8 Å². The number of benzene rings is 2. The van der Waals surface area contributed by atoms with E-state index in [2.05, 4.69) is 38.1 Å². The number of halogens is 2. The van der Waals surface area contributed by atoms with Gasteiger partial charge in [0.1, 0.15) is 0 Å². The predicted octanol–water partition coefficient (Wildman–Crippen LogP) is 6.10. The van der Waals surface area contributed by atoms with Crippen LogP contribution in [0.3, 0.4) is 0 Å². The molecule has 0 aliphatic heterocycles. The van der Waals surface area contributed by atoms with Crippen LogP contribution in [0, 0.1) is 6.92 Å². The summed E-state index contributed by atoms with van der Waals surface area (Å²) in [6.45, 7) is 6.40. The zero-order chi connectivity index (χ0) is 14.7. The third kappa shape index (κ3) is 3.19. The van der Waals surface area contributed by atoms with Gasteiger partial charge >= 0.3 is 0 Å². The number of hydrogen-bond donors (Lipinski definition) is 0. The second kappa shape index (κ2) is 6.65. The molecule has 0 fully saturated rings.